The lowest BCUT2D eigenvalue weighted by Gasteiger charge is -2.42. The first-order valence-electron chi connectivity index (χ1n) is 9.10. The predicted molar refractivity (Wildman–Crippen MR) is 98.8 cm³/mol. The summed E-state index contributed by atoms with van der Waals surface area (Å²) in [5.74, 6) is -1.00. The molecule has 1 aliphatic heterocycles. The summed E-state index contributed by atoms with van der Waals surface area (Å²) >= 11 is 0. The number of nitrogens with one attached hydrogen (secondary N) is 2. The molecular weight excluding hydrogens is 349 g/mol. The Morgan fingerprint density at radius 3 is 2.81 bits per heavy atom. The number of rotatable bonds is 5. The summed E-state index contributed by atoms with van der Waals surface area (Å²) in [5, 5.41) is 15.8. The molecule has 2 aliphatic rings. The van der Waals surface area contributed by atoms with Gasteiger partial charge in [0.05, 0.1) is 6.04 Å². The quantitative estimate of drug-likeness (QED) is 0.697. The van der Waals surface area contributed by atoms with Crippen molar-refractivity contribution in [3.05, 3.63) is 36.0 Å². The molecule has 2 aromatic rings. The summed E-state index contributed by atoms with van der Waals surface area (Å²) in [6.45, 7) is 2.24. The van der Waals surface area contributed by atoms with Gasteiger partial charge in [-0.1, -0.05) is 0 Å². The molecule has 0 unspecified atom stereocenters. The van der Waals surface area contributed by atoms with Crippen molar-refractivity contribution in [2.75, 3.05) is 18.4 Å². The molecule has 9 heteroatoms. The summed E-state index contributed by atoms with van der Waals surface area (Å²) in [5.41, 5.74) is 6.73. The van der Waals surface area contributed by atoms with Gasteiger partial charge in [0.15, 0.2) is 5.82 Å². The number of likely N-dealkylation sites (tertiary alicyclic amines) is 1. The minimum Gasteiger partial charge on any atom is -0.365 e. The van der Waals surface area contributed by atoms with Crippen LogP contribution in [0.15, 0.2) is 24.5 Å². The highest BCUT2D eigenvalue weighted by molar-refractivity contribution is 5.98. The number of amides is 1. The van der Waals surface area contributed by atoms with Gasteiger partial charge in [-0.15, -0.1) is 0 Å². The molecule has 2 aromatic heterocycles. The molecular formula is C18H22FN7O. The van der Waals surface area contributed by atoms with Crippen LogP contribution in [0.1, 0.15) is 42.1 Å². The largest absolute Gasteiger partial charge is 0.365 e. The number of pyridine rings is 1. The molecule has 1 saturated carbocycles. The van der Waals surface area contributed by atoms with Crippen molar-refractivity contribution in [1.29, 1.82) is 5.41 Å². The third-order valence-electron chi connectivity index (χ3n) is 5.34. The molecule has 1 amide bonds. The Morgan fingerprint density at radius 1 is 1.37 bits per heavy atom. The lowest BCUT2D eigenvalue weighted by molar-refractivity contribution is 0.1000. The van der Waals surface area contributed by atoms with Gasteiger partial charge in [0.25, 0.3) is 5.91 Å². The lowest BCUT2D eigenvalue weighted by Crippen LogP contribution is -2.48. The molecule has 1 saturated heterocycles. The van der Waals surface area contributed by atoms with Crippen LogP contribution in [0.2, 0.25) is 0 Å². The number of hydrogen-bond donors (Lipinski definition) is 3. The average molecular weight is 371 g/mol. The number of nitrogens with two attached hydrogens (primary N) is 1. The van der Waals surface area contributed by atoms with Crippen molar-refractivity contribution in [1.82, 2.24) is 19.7 Å². The molecule has 142 valence electrons. The molecule has 27 heavy (non-hydrogen) atoms. The second-order valence-electron chi connectivity index (χ2n) is 7.09. The maximum Gasteiger partial charge on any atom is 0.254 e. The smallest absolute Gasteiger partial charge is 0.254 e. The number of nitrogens with zero attached hydrogens (tertiary/aromatic N) is 4. The topological polar surface area (TPSA) is 113 Å². The minimum atomic E-state index is -0.633. The fraction of sp³-hybridized carbons (Fsp3) is 0.444. The van der Waals surface area contributed by atoms with E-state index >= 15 is 0 Å². The number of anilines is 2. The van der Waals surface area contributed by atoms with E-state index in [1.54, 1.807) is 16.9 Å². The van der Waals surface area contributed by atoms with Crippen LogP contribution < -0.4 is 11.1 Å². The van der Waals surface area contributed by atoms with Crippen LogP contribution in [0.3, 0.4) is 0 Å². The minimum absolute atomic E-state index is 0.189. The summed E-state index contributed by atoms with van der Waals surface area (Å²) in [4.78, 5) is 17.8. The van der Waals surface area contributed by atoms with Gasteiger partial charge in [0.2, 0.25) is 5.95 Å². The van der Waals surface area contributed by atoms with Gasteiger partial charge < -0.3 is 16.5 Å². The predicted octanol–water partition coefficient (Wildman–Crippen LogP) is 2.08. The molecule has 3 heterocycles. The van der Waals surface area contributed by atoms with Gasteiger partial charge in [-0.05, 0) is 38.4 Å². The molecule has 2 fully saturated rings. The van der Waals surface area contributed by atoms with E-state index in [2.05, 4.69) is 20.3 Å². The molecule has 4 rings (SSSR count). The number of hydrogen-bond acceptors (Lipinski definition) is 6. The first kappa shape index (κ1) is 17.6. The Balaban J connectivity index is 1.55. The van der Waals surface area contributed by atoms with Crippen molar-refractivity contribution in [3.8, 4) is 0 Å². The standard InChI is InChI=1S/C18H22FN7O/c19-16-8-11(4-5-22-16)23-18-13(17(21)27)10-26(24-18)15-3-2-12(9-14(15)20)25-6-1-7-25/h4-5,8,10,12,15,20H,1-3,6-7,9H2,(H2,21,27)(H,22,23,24)/t12-,15-/m0/s1. The van der Waals surface area contributed by atoms with Gasteiger partial charge in [-0.3, -0.25) is 14.4 Å². The first-order valence-corrected chi connectivity index (χ1v) is 9.10. The third kappa shape index (κ3) is 3.55. The Hall–Kier alpha value is -2.81. The van der Waals surface area contributed by atoms with E-state index in [1.165, 1.54) is 18.7 Å². The van der Waals surface area contributed by atoms with Crippen molar-refractivity contribution >= 4 is 23.1 Å². The van der Waals surface area contributed by atoms with Crippen LogP contribution in [-0.4, -0.2) is 50.4 Å². The van der Waals surface area contributed by atoms with Crippen LogP contribution in [0.25, 0.3) is 0 Å². The van der Waals surface area contributed by atoms with Crippen molar-refractivity contribution in [2.45, 2.75) is 37.8 Å². The SMILES string of the molecule is N=C1C[C@@H](N2CCC2)CC[C@@H]1n1cc(C(N)=O)c(Nc2ccnc(F)c2)n1. The zero-order valence-electron chi connectivity index (χ0n) is 14.9. The number of primary amides is 1. The normalized spacial score (nSPS) is 23.1. The highest BCUT2D eigenvalue weighted by atomic mass is 19.1. The Kier molecular flexibility index (Phi) is 4.61. The van der Waals surface area contributed by atoms with Crippen LogP contribution in [0.4, 0.5) is 15.9 Å². The zero-order chi connectivity index (χ0) is 19.0. The molecule has 1 aliphatic carbocycles. The number of carbonyl (C=O) groups is 1. The first-order chi connectivity index (χ1) is 13.0. The van der Waals surface area contributed by atoms with Crippen LogP contribution in [-0.2, 0) is 0 Å². The Labute approximate surface area is 156 Å². The second-order valence-corrected chi connectivity index (χ2v) is 7.09. The maximum atomic E-state index is 13.3. The molecule has 0 bridgehead atoms. The molecule has 0 aromatic carbocycles. The van der Waals surface area contributed by atoms with Gasteiger partial charge in [-0.2, -0.15) is 9.49 Å². The Morgan fingerprint density at radius 2 is 2.19 bits per heavy atom. The summed E-state index contributed by atoms with van der Waals surface area (Å²) < 4.78 is 14.9. The molecule has 0 spiro atoms. The van der Waals surface area contributed by atoms with Crippen LogP contribution in [0, 0.1) is 11.4 Å². The molecule has 0 radical (unpaired) electrons. The van der Waals surface area contributed by atoms with E-state index in [-0.39, 0.29) is 17.4 Å². The molecule has 4 N–H and O–H groups in total. The van der Waals surface area contributed by atoms with Gasteiger partial charge in [-0.25, -0.2) is 4.98 Å². The van der Waals surface area contributed by atoms with Gasteiger partial charge >= 0.3 is 0 Å². The highest BCUT2D eigenvalue weighted by Gasteiger charge is 2.33. The van der Waals surface area contributed by atoms with E-state index < -0.39 is 11.9 Å². The van der Waals surface area contributed by atoms with Crippen molar-refractivity contribution < 1.29 is 9.18 Å². The maximum absolute atomic E-state index is 13.3. The van der Waals surface area contributed by atoms with Gasteiger partial charge in [0, 0.05) is 42.3 Å². The molecule has 2 atom stereocenters. The fourth-order valence-electron chi connectivity index (χ4n) is 3.77. The summed E-state index contributed by atoms with van der Waals surface area (Å²) in [6, 6.07) is 3.04. The van der Waals surface area contributed by atoms with E-state index in [0.29, 0.717) is 17.4 Å². The van der Waals surface area contributed by atoms with E-state index in [9.17, 15) is 9.18 Å². The van der Waals surface area contributed by atoms with Crippen molar-refractivity contribution in [2.24, 2.45) is 5.73 Å². The zero-order valence-corrected chi connectivity index (χ0v) is 14.9. The number of aromatic nitrogens is 3. The third-order valence-corrected chi connectivity index (χ3v) is 5.34. The summed E-state index contributed by atoms with van der Waals surface area (Å²) in [6.07, 6.45) is 6.64. The number of carbonyl (C=O) groups excluding carboxylic acids is 1. The van der Waals surface area contributed by atoms with Gasteiger partial charge in [0.1, 0.15) is 5.56 Å². The Bertz CT molecular complexity index is 876. The van der Waals surface area contributed by atoms with E-state index in [0.717, 1.165) is 32.4 Å². The second kappa shape index (κ2) is 7.07. The monoisotopic (exact) mass is 371 g/mol. The van der Waals surface area contributed by atoms with E-state index in [4.69, 9.17) is 11.1 Å². The number of halogens is 1. The van der Waals surface area contributed by atoms with Crippen molar-refractivity contribution in [3.63, 3.8) is 0 Å². The van der Waals surface area contributed by atoms with E-state index in [1.807, 2.05) is 0 Å². The lowest BCUT2D eigenvalue weighted by atomic mass is 9.87. The summed E-state index contributed by atoms with van der Waals surface area (Å²) in [7, 11) is 0. The molecule has 8 nitrogen and oxygen atoms in total. The fourth-order valence-corrected chi connectivity index (χ4v) is 3.77. The highest BCUT2D eigenvalue weighted by Crippen LogP contribution is 2.32. The average Bonchev–Trinajstić information content (AvgIpc) is 2.97. The van der Waals surface area contributed by atoms with Crippen LogP contribution >= 0.6 is 0 Å². The van der Waals surface area contributed by atoms with Crippen LogP contribution in [0.5, 0.6) is 0 Å².